The van der Waals surface area contributed by atoms with Gasteiger partial charge in [0.2, 0.25) is 11.8 Å². The number of carbonyl (C=O) groups is 3. The average molecular weight is 382 g/mol. The molecule has 6 heteroatoms. The number of hydrogen-bond donors (Lipinski definition) is 1. The van der Waals surface area contributed by atoms with E-state index in [-0.39, 0.29) is 35.8 Å². The van der Waals surface area contributed by atoms with Crippen molar-refractivity contribution >= 4 is 23.3 Å². The molecular weight excluding hydrogens is 359 g/mol. The topological polar surface area (TPSA) is 66.5 Å². The maximum atomic E-state index is 13.7. The molecule has 0 saturated carbocycles. The summed E-state index contributed by atoms with van der Waals surface area (Å²) in [5.41, 5.74) is 1.63. The first-order valence-electron chi connectivity index (χ1n) is 9.37. The molecule has 28 heavy (non-hydrogen) atoms. The van der Waals surface area contributed by atoms with Gasteiger partial charge in [-0.1, -0.05) is 18.2 Å². The number of nitrogens with one attached hydrogen (secondary N) is 1. The maximum absolute atomic E-state index is 13.7. The molecule has 0 spiro atoms. The standard InChI is InChI=1S/C22H23FN2O3/c1-15(26)16-6-8-19(9-7-16)24-22(28)17-10-12-25(13-11-17)21(27)14-18-4-2-3-5-20(18)23/h2-9,17H,10-14H2,1H3,(H,24,28). The quantitative estimate of drug-likeness (QED) is 0.806. The third-order valence-electron chi connectivity index (χ3n) is 5.08. The Kier molecular flexibility index (Phi) is 6.19. The molecule has 0 atom stereocenters. The molecule has 1 N–H and O–H groups in total. The van der Waals surface area contributed by atoms with Crippen molar-refractivity contribution in [2.45, 2.75) is 26.2 Å². The zero-order valence-electron chi connectivity index (χ0n) is 15.8. The van der Waals surface area contributed by atoms with Crippen molar-refractivity contribution in [1.82, 2.24) is 4.90 Å². The Morgan fingerprint density at radius 3 is 2.29 bits per heavy atom. The van der Waals surface area contributed by atoms with E-state index in [9.17, 15) is 18.8 Å². The number of ketones is 1. The van der Waals surface area contributed by atoms with E-state index in [0.29, 0.717) is 42.7 Å². The predicted octanol–water partition coefficient (Wildman–Crippen LogP) is 3.45. The molecule has 2 aromatic rings. The fourth-order valence-corrected chi connectivity index (χ4v) is 3.34. The molecule has 1 aliphatic heterocycles. The van der Waals surface area contributed by atoms with E-state index in [0.717, 1.165) is 0 Å². The number of piperidine rings is 1. The summed E-state index contributed by atoms with van der Waals surface area (Å²) in [6, 6.07) is 13.1. The normalized spacial score (nSPS) is 14.6. The van der Waals surface area contributed by atoms with Crippen LogP contribution in [0.4, 0.5) is 10.1 Å². The number of carbonyl (C=O) groups excluding carboxylic acids is 3. The number of Topliss-reactive ketones (excluding diaryl/α,β-unsaturated/α-hetero) is 1. The van der Waals surface area contributed by atoms with Gasteiger partial charge in [-0.3, -0.25) is 14.4 Å². The van der Waals surface area contributed by atoms with Crippen LogP contribution in [-0.4, -0.2) is 35.6 Å². The van der Waals surface area contributed by atoms with E-state index in [1.54, 1.807) is 47.4 Å². The Labute approximate surface area is 163 Å². The lowest BCUT2D eigenvalue weighted by atomic mass is 9.95. The molecule has 0 aromatic heterocycles. The minimum atomic E-state index is -0.374. The summed E-state index contributed by atoms with van der Waals surface area (Å²) >= 11 is 0. The van der Waals surface area contributed by atoms with E-state index in [1.165, 1.54) is 13.0 Å². The highest BCUT2D eigenvalue weighted by Crippen LogP contribution is 2.21. The van der Waals surface area contributed by atoms with Crippen LogP contribution in [0.15, 0.2) is 48.5 Å². The van der Waals surface area contributed by atoms with Crippen LogP contribution in [-0.2, 0) is 16.0 Å². The van der Waals surface area contributed by atoms with Crippen molar-refractivity contribution in [2.24, 2.45) is 5.92 Å². The first-order chi connectivity index (χ1) is 13.4. The van der Waals surface area contributed by atoms with Crippen LogP contribution in [0.1, 0.15) is 35.7 Å². The smallest absolute Gasteiger partial charge is 0.227 e. The highest BCUT2D eigenvalue weighted by atomic mass is 19.1. The molecule has 1 saturated heterocycles. The van der Waals surface area contributed by atoms with Crippen LogP contribution in [0, 0.1) is 11.7 Å². The summed E-state index contributed by atoms with van der Waals surface area (Å²) in [6.45, 7) is 2.46. The van der Waals surface area contributed by atoms with Gasteiger partial charge >= 0.3 is 0 Å². The number of likely N-dealkylation sites (tertiary alicyclic amines) is 1. The second-order valence-electron chi connectivity index (χ2n) is 7.05. The molecule has 1 aliphatic rings. The van der Waals surface area contributed by atoms with Crippen LogP contribution >= 0.6 is 0 Å². The van der Waals surface area contributed by atoms with Gasteiger partial charge in [-0.25, -0.2) is 4.39 Å². The average Bonchev–Trinajstić information content (AvgIpc) is 2.70. The third-order valence-corrected chi connectivity index (χ3v) is 5.08. The monoisotopic (exact) mass is 382 g/mol. The first-order valence-corrected chi connectivity index (χ1v) is 9.37. The molecule has 146 valence electrons. The number of amides is 2. The van der Waals surface area contributed by atoms with Gasteiger partial charge in [0.05, 0.1) is 6.42 Å². The van der Waals surface area contributed by atoms with Crippen LogP contribution in [0.5, 0.6) is 0 Å². The Morgan fingerprint density at radius 1 is 1.04 bits per heavy atom. The second-order valence-corrected chi connectivity index (χ2v) is 7.05. The van der Waals surface area contributed by atoms with Crippen LogP contribution in [0.2, 0.25) is 0 Å². The van der Waals surface area contributed by atoms with Crippen LogP contribution < -0.4 is 5.32 Å². The fraction of sp³-hybridized carbons (Fsp3) is 0.318. The van der Waals surface area contributed by atoms with E-state index in [2.05, 4.69) is 5.32 Å². The summed E-state index contributed by atoms with van der Waals surface area (Å²) in [6.07, 6.45) is 1.17. The van der Waals surface area contributed by atoms with Crippen LogP contribution in [0.25, 0.3) is 0 Å². The summed E-state index contributed by atoms with van der Waals surface area (Å²) < 4.78 is 13.7. The van der Waals surface area contributed by atoms with Gasteiger partial charge < -0.3 is 10.2 Å². The number of rotatable bonds is 5. The number of anilines is 1. The number of benzene rings is 2. The molecule has 0 unspecified atom stereocenters. The van der Waals surface area contributed by atoms with E-state index in [1.807, 2.05) is 0 Å². The van der Waals surface area contributed by atoms with Gasteiger partial charge in [0.25, 0.3) is 0 Å². The lowest BCUT2D eigenvalue weighted by molar-refractivity contribution is -0.133. The second kappa shape index (κ2) is 8.78. The highest BCUT2D eigenvalue weighted by Gasteiger charge is 2.27. The van der Waals surface area contributed by atoms with Crippen molar-refractivity contribution in [1.29, 1.82) is 0 Å². The molecule has 5 nitrogen and oxygen atoms in total. The maximum Gasteiger partial charge on any atom is 0.227 e. The lowest BCUT2D eigenvalue weighted by Crippen LogP contribution is -2.42. The molecule has 1 fully saturated rings. The molecule has 2 aromatic carbocycles. The Hall–Kier alpha value is -3.02. The molecule has 0 aliphatic carbocycles. The zero-order valence-corrected chi connectivity index (χ0v) is 15.8. The van der Waals surface area contributed by atoms with E-state index < -0.39 is 0 Å². The van der Waals surface area contributed by atoms with Gasteiger partial charge in [0.15, 0.2) is 5.78 Å². The summed E-state index contributed by atoms with van der Waals surface area (Å²) in [7, 11) is 0. The van der Waals surface area contributed by atoms with E-state index >= 15 is 0 Å². The summed E-state index contributed by atoms with van der Waals surface area (Å²) in [4.78, 5) is 37.9. The Morgan fingerprint density at radius 2 is 1.68 bits per heavy atom. The first kappa shape index (κ1) is 19.7. The molecule has 3 rings (SSSR count). The lowest BCUT2D eigenvalue weighted by Gasteiger charge is -2.31. The molecule has 2 amide bonds. The minimum Gasteiger partial charge on any atom is -0.342 e. The molecule has 1 heterocycles. The predicted molar refractivity (Wildman–Crippen MR) is 104 cm³/mol. The van der Waals surface area contributed by atoms with Crippen molar-refractivity contribution in [3.8, 4) is 0 Å². The van der Waals surface area contributed by atoms with Gasteiger partial charge in [-0.15, -0.1) is 0 Å². The summed E-state index contributed by atoms with van der Waals surface area (Å²) in [5.74, 6) is -0.781. The van der Waals surface area contributed by atoms with Crippen molar-refractivity contribution in [3.63, 3.8) is 0 Å². The number of hydrogen-bond acceptors (Lipinski definition) is 3. The highest BCUT2D eigenvalue weighted by molar-refractivity contribution is 5.96. The van der Waals surface area contributed by atoms with E-state index in [4.69, 9.17) is 0 Å². The third kappa shape index (κ3) is 4.82. The van der Waals surface area contributed by atoms with Crippen molar-refractivity contribution in [3.05, 3.63) is 65.5 Å². The van der Waals surface area contributed by atoms with Gasteiger partial charge in [0.1, 0.15) is 5.82 Å². The van der Waals surface area contributed by atoms with Gasteiger partial charge in [-0.05, 0) is 55.7 Å². The molecule has 0 bridgehead atoms. The molecule has 0 radical (unpaired) electrons. The van der Waals surface area contributed by atoms with Gasteiger partial charge in [-0.2, -0.15) is 0 Å². The molecular formula is C22H23FN2O3. The van der Waals surface area contributed by atoms with Crippen molar-refractivity contribution in [2.75, 3.05) is 18.4 Å². The number of halogens is 1. The summed E-state index contributed by atoms with van der Waals surface area (Å²) in [5, 5.41) is 2.87. The number of nitrogens with zero attached hydrogens (tertiary/aromatic N) is 1. The van der Waals surface area contributed by atoms with Crippen molar-refractivity contribution < 1.29 is 18.8 Å². The van der Waals surface area contributed by atoms with Gasteiger partial charge in [0, 0.05) is 30.3 Å². The Bertz CT molecular complexity index is 872. The zero-order chi connectivity index (χ0) is 20.1. The van der Waals surface area contributed by atoms with Crippen LogP contribution in [0.3, 0.4) is 0 Å². The largest absolute Gasteiger partial charge is 0.342 e. The SMILES string of the molecule is CC(=O)c1ccc(NC(=O)C2CCN(C(=O)Cc3ccccc3F)CC2)cc1. The minimum absolute atomic E-state index is 0.0229. The Balaban J connectivity index is 1.50. The fourth-order valence-electron chi connectivity index (χ4n) is 3.34.